The molecule has 3 nitrogen and oxygen atoms in total. The highest BCUT2D eigenvalue weighted by Crippen LogP contribution is 2.26. The van der Waals surface area contributed by atoms with E-state index in [1.54, 1.807) is 6.07 Å². The van der Waals surface area contributed by atoms with E-state index in [0.717, 1.165) is 22.6 Å². The van der Waals surface area contributed by atoms with Gasteiger partial charge in [0.2, 0.25) is 0 Å². The topological polar surface area (TPSA) is 36.6 Å². The number of hydrogen-bond acceptors (Lipinski definition) is 3. The van der Waals surface area contributed by atoms with Crippen LogP contribution in [-0.2, 0) is 6.54 Å². The molecule has 0 unspecified atom stereocenters. The normalized spacial score (nSPS) is 11.2. The molecule has 102 valence electrons. The van der Waals surface area contributed by atoms with Gasteiger partial charge in [0, 0.05) is 12.1 Å². The molecule has 4 heteroatoms. The molecule has 0 aliphatic rings. The molecule has 1 aromatic carbocycles. The van der Waals surface area contributed by atoms with Crippen molar-refractivity contribution in [1.82, 2.24) is 4.90 Å². The summed E-state index contributed by atoms with van der Waals surface area (Å²) < 4.78 is 18.8. The van der Waals surface area contributed by atoms with E-state index in [2.05, 4.69) is 0 Å². The van der Waals surface area contributed by atoms with Gasteiger partial charge in [0.15, 0.2) is 0 Å². The van der Waals surface area contributed by atoms with Crippen molar-refractivity contribution < 1.29 is 13.9 Å². The van der Waals surface area contributed by atoms with Crippen LogP contribution in [0.5, 0.6) is 0 Å². The average Bonchev–Trinajstić information content (AvgIpc) is 2.77. The van der Waals surface area contributed by atoms with Crippen LogP contribution in [-0.4, -0.2) is 30.2 Å². The Kier molecular flexibility index (Phi) is 4.35. The quantitative estimate of drug-likeness (QED) is 0.901. The van der Waals surface area contributed by atoms with Gasteiger partial charge in [-0.3, -0.25) is 4.90 Å². The van der Waals surface area contributed by atoms with Crippen molar-refractivity contribution in [3.8, 4) is 11.3 Å². The van der Waals surface area contributed by atoms with Crippen molar-refractivity contribution in [2.24, 2.45) is 0 Å². The molecule has 0 aliphatic carbocycles. The van der Waals surface area contributed by atoms with Gasteiger partial charge in [0.05, 0.1) is 13.2 Å². The number of hydrogen-bond donors (Lipinski definition) is 1. The highest BCUT2D eigenvalue weighted by atomic mass is 19.1. The van der Waals surface area contributed by atoms with Crippen molar-refractivity contribution in [3.63, 3.8) is 0 Å². The fourth-order valence-corrected chi connectivity index (χ4v) is 2.03. The second-order valence-electron chi connectivity index (χ2n) is 4.69. The van der Waals surface area contributed by atoms with E-state index in [1.165, 1.54) is 12.1 Å². The molecule has 2 rings (SSSR count). The number of benzene rings is 1. The Morgan fingerprint density at radius 3 is 2.74 bits per heavy atom. The summed E-state index contributed by atoms with van der Waals surface area (Å²) in [4.78, 5) is 1.97. The van der Waals surface area contributed by atoms with Crippen LogP contribution in [0.15, 0.2) is 34.7 Å². The molecule has 1 heterocycles. The van der Waals surface area contributed by atoms with E-state index >= 15 is 0 Å². The molecule has 1 N–H and O–H groups in total. The van der Waals surface area contributed by atoms with Crippen molar-refractivity contribution in [3.05, 3.63) is 47.5 Å². The molecule has 0 fully saturated rings. The van der Waals surface area contributed by atoms with Crippen LogP contribution in [0.25, 0.3) is 11.3 Å². The Hall–Kier alpha value is -1.65. The lowest BCUT2D eigenvalue weighted by atomic mass is 10.1. The number of aryl methyl sites for hydroxylation is 1. The monoisotopic (exact) mass is 263 g/mol. The van der Waals surface area contributed by atoms with Crippen molar-refractivity contribution in [1.29, 1.82) is 0 Å². The minimum Gasteiger partial charge on any atom is -0.460 e. The van der Waals surface area contributed by atoms with E-state index < -0.39 is 0 Å². The third kappa shape index (κ3) is 3.43. The molecule has 1 aromatic heterocycles. The Morgan fingerprint density at radius 1 is 1.26 bits per heavy atom. The molecule has 0 radical (unpaired) electrons. The van der Waals surface area contributed by atoms with Crippen LogP contribution in [0.2, 0.25) is 0 Å². The molecule has 19 heavy (non-hydrogen) atoms. The van der Waals surface area contributed by atoms with Crippen molar-refractivity contribution >= 4 is 0 Å². The summed E-state index contributed by atoms with van der Waals surface area (Å²) in [6.45, 7) is 3.23. The third-order valence-electron chi connectivity index (χ3n) is 3.02. The van der Waals surface area contributed by atoms with Gasteiger partial charge >= 0.3 is 0 Å². The number of aliphatic hydroxyl groups excluding tert-OH is 1. The number of rotatable bonds is 5. The highest BCUT2D eigenvalue weighted by molar-refractivity contribution is 5.62. The first-order valence-electron chi connectivity index (χ1n) is 6.25. The zero-order valence-corrected chi connectivity index (χ0v) is 11.2. The number of furan rings is 1. The predicted molar refractivity (Wildman–Crippen MR) is 72.3 cm³/mol. The first kappa shape index (κ1) is 13.8. The fourth-order valence-electron chi connectivity index (χ4n) is 2.03. The second kappa shape index (κ2) is 5.99. The molecule has 0 spiro atoms. The number of halogens is 1. The molecular weight excluding hydrogens is 245 g/mol. The third-order valence-corrected chi connectivity index (χ3v) is 3.02. The lowest BCUT2D eigenvalue weighted by Gasteiger charge is -2.12. The first-order chi connectivity index (χ1) is 9.10. The molecule has 0 amide bonds. The maximum Gasteiger partial charge on any atom is 0.134 e. The van der Waals surface area contributed by atoms with Gasteiger partial charge in [-0.05, 0) is 49.9 Å². The minimum atomic E-state index is -0.240. The van der Waals surface area contributed by atoms with Gasteiger partial charge in [0.1, 0.15) is 17.3 Å². The zero-order chi connectivity index (χ0) is 13.8. The summed E-state index contributed by atoms with van der Waals surface area (Å²) in [6, 6.07) is 8.46. The van der Waals surface area contributed by atoms with Crippen LogP contribution < -0.4 is 0 Å². The minimum absolute atomic E-state index is 0.126. The van der Waals surface area contributed by atoms with Gasteiger partial charge in [0.25, 0.3) is 0 Å². The van der Waals surface area contributed by atoms with Crippen molar-refractivity contribution in [2.45, 2.75) is 13.5 Å². The predicted octanol–water partition coefficient (Wildman–Crippen LogP) is 2.82. The van der Waals surface area contributed by atoms with E-state index in [1.807, 2.05) is 31.0 Å². The summed E-state index contributed by atoms with van der Waals surface area (Å²) >= 11 is 0. The summed E-state index contributed by atoms with van der Waals surface area (Å²) in [5.74, 6) is 1.33. The van der Waals surface area contributed by atoms with Gasteiger partial charge in [-0.25, -0.2) is 4.39 Å². The summed E-state index contributed by atoms with van der Waals surface area (Å²) in [5, 5.41) is 8.85. The van der Waals surface area contributed by atoms with Crippen LogP contribution in [0.3, 0.4) is 0 Å². The standard InChI is InChI=1S/C15H18FNO2/c1-11-9-12(16)3-5-14(11)15-6-4-13(19-15)10-17(2)7-8-18/h3-6,9,18H,7-8,10H2,1-2H3. The molecule has 0 saturated heterocycles. The van der Waals surface area contributed by atoms with Gasteiger partial charge in [-0.1, -0.05) is 0 Å². The summed E-state index contributed by atoms with van der Waals surface area (Å²) in [6.07, 6.45) is 0. The van der Waals surface area contributed by atoms with Gasteiger partial charge in [-0.2, -0.15) is 0 Å². The van der Waals surface area contributed by atoms with E-state index in [0.29, 0.717) is 13.1 Å². The van der Waals surface area contributed by atoms with E-state index in [9.17, 15) is 4.39 Å². The van der Waals surface area contributed by atoms with Gasteiger partial charge < -0.3 is 9.52 Å². The molecular formula is C15H18FNO2. The largest absolute Gasteiger partial charge is 0.460 e. The number of likely N-dealkylation sites (N-methyl/N-ethyl adjacent to an activating group) is 1. The molecule has 0 bridgehead atoms. The highest BCUT2D eigenvalue weighted by Gasteiger charge is 2.09. The number of aliphatic hydroxyl groups is 1. The first-order valence-corrected chi connectivity index (χ1v) is 6.25. The van der Waals surface area contributed by atoms with Crippen LogP contribution in [0.1, 0.15) is 11.3 Å². The molecule has 0 atom stereocenters. The van der Waals surface area contributed by atoms with E-state index in [-0.39, 0.29) is 12.4 Å². The van der Waals surface area contributed by atoms with Crippen LogP contribution in [0, 0.1) is 12.7 Å². The average molecular weight is 263 g/mol. The maximum atomic E-state index is 13.1. The summed E-state index contributed by atoms with van der Waals surface area (Å²) in [7, 11) is 1.92. The SMILES string of the molecule is Cc1cc(F)ccc1-c1ccc(CN(C)CCO)o1. The zero-order valence-electron chi connectivity index (χ0n) is 11.2. The Balaban J connectivity index is 2.16. The van der Waals surface area contributed by atoms with E-state index in [4.69, 9.17) is 9.52 Å². The molecule has 0 aliphatic heterocycles. The summed E-state index contributed by atoms with van der Waals surface area (Å²) in [5.41, 5.74) is 1.75. The smallest absolute Gasteiger partial charge is 0.134 e. The van der Waals surface area contributed by atoms with Gasteiger partial charge in [-0.15, -0.1) is 0 Å². The fraction of sp³-hybridized carbons (Fsp3) is 0.333. The lowest BCUT2D eigenvalue weighted by molar-refractivity contribution is 0.209. The Bertz CT molecular complexity index is 551. The van der Waals surface area contributed by atoms with Crippen LogP contribution in [0.4, 0.5) is 4.39 Å². The lowest BCUT2D eigenvalue weighted by Crippen LogP contribution is -2.21. The number of nitrogens with zero attached hydrogens (tertiary/aromatic N) is 1. The molecule has 0 saturated carbocycles. The van der Waals surface area contributed by atoms with Crippen LogP contribution >= 0.6 is 0 Å². The Labute approximate surface area is 112 Å². The molecule has 2 aromatic rings. The second-order valence-corrected chi connectivity index (χ2v) is 4.69. The Morgan fingerprint density at radius 2 is 2.05 bits per heavy atom. The van der Waals surface area contributed by atoms with Crippen molar-refractivity contribution in [2.75, 3.05) is 20.2 Å². The maximum absolute atomic E-state index is 13.1.